The maximum Gasteiger partial charge on any atom is 0.336 e. The van der Waals surface area contributed by atoms with Crippen molar-refractivity contribution in [1.82, 2.24) is 0 Å². The number of para-hydroxylation sites is 1. The Labute approximate surface area is 232 Å². The third-order valence-corrected chi connectivity index (χ3v) is 6.93. The summed E-state index contributed by atoms with van der Waals surface area (Å²) in [4.78, 5) is 41.8. The summed E-state index contributed by atoms with van der Waals surface area (Å²) >= 11 is 0. The van der Waals surface area contributed by atoms with Gasteiger partial charge in [-0.25, -0.2) is 9.59 Å². The molecule has 0 saturated heterocycles. The Morgan fingerprint density at radius 1 is 0.925 bits per heavy atom. The van der Waals surface area contributed by atoms with Gasteiger partial charge in [0.25, 0.3) is 0 Å². The number of aliphatic imine (C=N–C) groups is 1. The van der Waals surface area contributed by atoms with Gasteiger partial charge in [0, 0.05) is 40.4 Å². The molecule has 0 fully saturated rings. The van der Waals surface area contributed by atoms with Crippen LogP contribution in [-0.4, -0.2) is 45.1 Å². The van der Waals surface area contributed by atoms with Gasteiger partial charge < -0.3 is 23.4 Å². The van der Waals surface area contributed by atoms with Crippen LogP contribution in [0, 0.1) is 12.8 Å². The Morgan fingerprint density at radius 2 is 1.65 bits per heavy atom. The van der Waals surface area contributed by atoms with Gasteiger partial charge >= 0.3 is 17.6 Å². The fourth-order valence-corrected chi connectivity index (χ4v) is 5.02. The van der Waals surface area contributed by atoms with E-state index in [4.69, 9.17) is 23.4 Å². The fraction of sp³-hybridized carbons (Fsp3) is 0.355. The summed E-state index contributed by atoms with van der Waals surface area (Å²) in [6.07, 6.45) is 1.41. The lowest BCUT2D eigenvalue weighted by Crippen LogP contribution is -2.36. The Balaban J connectivity index is 1.43. The van der Waals surface area contributed by atoms with Crippen LogP contribution in [0.25, 0.3) is 11.0 Å². The van der Waals surface area contributed by atoms with Crippen molar-refractivity contribution in [3.8, 4) is 11.5 Å². The molecule has 1 aliphatic heterocycles. The molecule has 3 aromatic rings. The van der Waals surface area contributed by atoms with Gasteiger partial charge in [0.2, 0.25) is 0 Å². The Morgan fingerprint density at radius 3 is 2.38 bits per heavy atom. The van der Waals surface area contributed by atoms with E-state index >= 15 is 0 Å². The predicted octanol–water partition coefficient (Wildman–Crippen LogP) is 5.13. The average molecular weight is 548 g/mol. The monoisotopic (exact) mass is 547 g/mol. The van der Waals surface area contributed by atoms with E-state index in [2.05, 4.69) is 4.99 Å². The number of nitrogens with zero attached hydrogens (tertiary/aromatic N) is 1. The summed E-state index contributed by atoms with van der Waals surface area (Å²) in [7, 11) is 2.62. The van der Waals surface area contributed by atoms with E-state index in [0.29, 0.717) is 65.7 Å². The second-order valence-corrected chi connectivity index (χ2v) is 9.57. The molecule has 0 radical (unpaired) electrons. The molecule has 0 amide bonds. The van der Waals surface area contributed by atoms with Gasteiger partial charge in [0.1, 0.15) is 23.0 Å². The molecule has 1 aromatic heterocycles. The first-order valence-electron chi connectivity index (χ1n) is 13.1. The smallest absolute Gasteiger partial charge is 0.336 e. The summed E-state index contributed by atoms with van der Waals surface area (Å²) in [5.41, 5.74) is 2.98. The van der Waals surface area contributed by atoms with E-state index in [1.54, 1.807) is 19.9 Å². The van der Waals surface area contributed by atoms with Crippen molar-refractivity contribution < 1.29 is 33.0 Å². The van der Waals surface area contributed by atoms with Crippen molar-refractivity contribution in [2.24, 2.45) is 10.9 Å². The second-order valence-electron chi connectivity index (χ2n) is 9.57. The molecule has 4 rings (SSSR count). The Bertz CT molecular complexity index is 1530. The molecular weight excluding hydrogens is 514 g/mol. The Kier molecular flexibility index (Phi) is 9.04. The average Bonchev–Trinajstić information content (AvgIpc) is 2.93. The lowest BCUT2D eigenvalue weighted by atomic mass is 9.75. The lowest BCUT2D eigenvalue weighted by Gasteiger charge is -2.32. The van der Waals surface area contributed by atoms with Crippen molar-refractivity contribution >= 4 is 28.6 Å². The maximum absolute atomic E-state index is 12.8. The maximum atomic E-state index is 12.8. The molecule has 9 heteroatoms. The topological polar surface area (TPSA) is 114 Å². The number of hydrogen-bond donors (Lipinski definition) is 0. The summed E-state index contributed by atoms with van der Waals surface area (Å²) in [5.74, 6) is -1.33. The SMILES string of the molecule is COC(=O)C1=C(C)N=C(C)C(C(=O)OC)C1c1ccccc1OCCCCOc1ccc2c(C)cc(=O)oc2c1. The minimum Gasteiger partial charge on any atom is -0.493 e. The van der Waals surface area contributed by atoms with E-state index in [1.807, 2.05) is 43.3 Å². The van der Waals surface area contributed by atoms with Crippen molar-refractivity contribution in [2.75, 3.05) is 27.4 Å². The first kappa shape index (κ1) is 28.6. The number of carbonyl (C=O) groups is 2. The molecular formula is C31H33NO8. The van der Waals surface area contributed by atoms with Crippen LogP contribution in [0.2, 0.25) is 0 Å². The molecule has 0 spiro atoms. The van der Waals surface area contributed by atoms with E-state index < -0.39 is 29.4 Å². The molecule has 0 saturated carbocycles. The zero-order valence-corrected chi connectivity index (χ0v) is 23.3. The standard InChI is InChI=1S/C31H33NO8/c1-18-16-26(33)40-25-17-21(12-13-22(18)25)38-14-8-9-15-39-24-11-7-6-10-23(24)29-27(30(34)36-4)19(2)32-20(3)28(29)31(35)37-5/h6-7,10-13,16-17,27,29H,8-9,14-15H2,1-5H3. The highest BCUT2D eigenvalue weighted by Crippen LogP contribution is 2.43. The van der Waals surface area contributed by atoms with Gasteiger partial charge in [0.15, 0.2) is 0 Å². The predicted molar refractivity (Wildman–Crippen MR) is 150 cm³/mol. The van der Waals surface area contributed by atoms with Crippen LogP contribution in [0.1, 0.15) is 43.7 Å². The van der Waals surface area contributed by atoms with Crippen LogP contribution >= 0.6 is 0 Å². The number of fused-ring (bicyclic) bond motifs is 1. The molecule has 1 aliphatic rings. The van der Waals surface area contributed by atoms with Crippen LogP contribution in [0.4, 0.5) is 0 Å². The molecule has 40 heavy (non-hydrogen) atoms. The van der Waals surface area contributed by atoms with Crippen molar-refractivity contribution in [3.63, 3.8) is 0 Å². The number of unbranched alkanes of at least 4 members (excludes halogenated alkanes) is 1. The quantitative estimate of drug-likeness (QED) is 0.195. The van der Waals surface area contributed by atoms with Gasteiger partial charge in [-0.15, -0.1) is 0 Å². The zero-order chi connectivity index (χ0) is 28.8. The van der Waals surface area contributed by atoms with Crippen molar-refractivity contribution in [1.29, 1.82) is 0 Å². The number of aryl methyl sites for hydroxylation is 1. The molecule has 2 unspecified atom stereocenters. The fourth-order valence-electron chi connectivity index (χ4n) is 5.02. The van der Waals surface area contributed by atoms with Crippen LogP contribution in [0.5, 0.6) is 11.5 Å². The molecule has 210 valence electrons. The van der Waals surface area contributed by atoms with Gasteiger partial charge in [-0.05, 0) is 57.4 Å². The van der Waals surface area contributed by atoms with Crippen LogP contribution in [-0.2, 0) is 19.1 Å². The van der Waals surface area contributed by atoms with Gasteiger partial charge in [-0.3, -0.25) is 9.79 Å². The van der Waals surface area contributed by atoms with E-state index in [9.17, 15) is 14.4 Å². The number of rotatable bonds is 10. The van der Waals surface area contributed by atoms with E-state index in [-0.39, 0.29) is 0 Å². The minimum atomic E-state index is -0.795. The third kappa shape index (κ3) is 6.09. The lowest BCUT2D eigenvalue weighted by molar-refractivity contribution is -0.143. The summed E-state index contributed by atoms with van der Waals surface area (Å²) < 4.78 is 27.4. The molecule has 0 aliphatic carbocycles. The van der Waals surface area contributed by atoms with Gasteiger partial charge in [-0.1, -0.05) is 18.2 Å². The van der Waals surface area contributed by atoms with Gasteiger partial charge in [0.05, 0.1) is 33.0 Å². The highest BCUT2D eigenvalue weighted by atomic mass is 16.5. The normalized spacial score (nSPS) is 16.9. The van der Waals surface area contributed by atoms with E-state index in [0.717, 1.165) is 10.9 Å². The largest absolute Gasteiger partial charge is 0.493 e. The van der Waals surface area contributed by atoms with Crippen LogP contribution < -0.4 is 15.1 Å². The number of methoxy groups -OCH3 is 2. The van der Waals surface area contributed by atoms with E-state index in [1.165, 1.54) is 20.3 Å². The molecule has 2 aromatic carbocycles. The zero-order valence-electron chi connectivity index (χ0n) is 23.3. The van der Waals surface area contributed by atoms with Gasteiger partial charge in [-0.2, -0.15) is 0 Å². The highest BCUT2D eigenvalue weighted by Gasteiger charge is 2.43. The van der Waals surface area contributed by atoms with Crippen LogP contribution in [0.3, 0.4) is 0 Å². The molecule has 0 bridgehead atoms. The molecule has 2 atom stereocenters. The van der Waals surface area contributed by atoms with Crippen molar-refractivity contribution in [3.05, 3.63) is 81.3 Å². The summed E-state index contributed by atoms with van der Waals surface area (Å²) in [6.45, 7) is 6.18. The minimum absolute atomic E-state index is 0.300. The molecule has 2 heterocycles. The summed E-state index contributed by atoms with van der Waals surface area (Å²) in [5, 5.41) is 0.869. The first-order chi connectivity index (χ1) is 19.2. The number of esters is 2. The highest BCUT2D eigenvalue weighted by molar-refractivity contribution is 6.07. The number of hydrogen-bond acceptors (Lipinski definition) is 9. The third-order valence-electron chi connectivity index (χ3n) is 6.93. The number of ether oxygens (including phenoxy) is 4. The molecule has 0 N–H and O–H groups in total. The Hall–Kier alpha value is -4.40. The summed E-state index contributed by atoms with van der Waals surface area (Å²) in [6, 6.07) is 14.2. The first-order valence-corrected chi connectivity index (χ1v) is 13.1. The number of carbonyl (C=O) groups excluding carboxylic acids is 2. The molecule has 9 nitrogen and oxygen atoms in total. The number of benzene rings is 2. The van der Waals surface area contributed by atoms with Crippen molar-refractivity contribution in [2.45, 2.75) is 39.5 Å². The van der Waals surface area contributed by atoms with Crippen LogP contribution in [0.15, 0.2) is 74.0 Å². The second kappa shape index (κ2) is 12.6. The number of allylic oxidation sites excluding steroid dienone is 1.